The molecule has 8 heteroatoms. The zero-order valence-corrected chi connectivity index (χ0v) is 12.6. The molecule has 2 aromatic heterocycles. The maximum absolute atomic E-state index is 12.2. The van der Waals surface area contributed by atoms with Gasteiger partial charge < -0.3 is 10.6 Å². The highest BCUT2D eigenvalue weighted by Gasteiger charge is 2.15. The van der Waals surface area contributed by atoms with Gasteiger partial charge in [0.2, 0.25) is 5.91 Å². The van der Waals surface area contributed by atoms with Crippen molar-refractivity contribution in [3.05, 3.63) is 36.0 Å². The lowest BCUT2D eigenvalue weighted by Crippen LogP contribution is -2.27. The highest BCUT2D eigenvalue weighted by atomic mass is 16.2. The van der Waals surface area contributed by atoms with E-state index in [2.05, 4.69) is 30.8 Å². The van der Waals surface area contributed by atoms with E-state index >= 15 is 0 Å². The van der Waals surface area contributed by atoms with Crippen molar-refractivity contribution >= 4 is 17.6 Å². The molecule has 2 heterocycles. The molecule has 0 saturated carbocycles. The van der Waals surface area contributed by atoms with E-state index in [1.165, 1.54) is 18.6 Å². The Kier molecular flexibility index (Phi) is 4.82. The summed E-state index contributed by atoms with van der Waals surface area (Å²) >= 11 is 0. The fraction of sp³-hybridized carbons (Fsp3) is 0.357. The first-order valence-corrected chi connectivity index (χ1v) is 6.90. The second-order valence-corrected chi connectivity index (χ2v) is 5.14. The average Bonchev–Trinajstić information content (AvgIpc) is 3.01. The second-order valence-electron chi connectivity index (χ2n) is 5.14. The summed E-state index contributed by atoms with van der Waals surface area (Å²) in [5, 5.41) is 11.9. The first-order chi connectivity index (χ1) is 10.5. The van der Waals surface area contributed by atoms with Crippen molar-refractivity contribution < 1.29 is 9.59 Å². The molecule has 1 atom stereocenters. The molecule has 22 heavy (non-hydrogen) atoms. The summed E-state index contributed by atoms with van der Waals surface area (Å²) < 4.78 is 0. The zero-order chi connectivity index (χ0) is 16.1. The highest BCUT2D eigenvalue weighted by Crippen LogP contribution is 2.11. The van der Waals surface area contributed by atoms with Crippen LogP contribution in [0.15, 0.2) is 24.7 Å². The summed E-state index contributed by atoms with van der Waals surface area (Å²) in [6.07, 6.45) is 2.86. The Morgan fingerprint density at radius 2 is 2.00 bits per heavy atom. The first-order valence-electron chi connectivity index (χ1n) is 6.90. The Morgan fingerprint density at radius 1 is 1.23 bits per heavy atom. The van der Waals surface area contributed by atoms with Crippen LogP contribution in [0.3, 0.4) is 0 Å². The van der Waals surface area contributed by atoms with Crippen LogP contribution in [0.1, 0.15) is 43.0 Å². The van der Waals surface area contributed by atoms with Gasteiger partial charge in [-0.15, -0.1) is 0 Å². The molecule has 2 rings (SSSR count). The summed E-state index contributed by atoms with van der Waals surface area (Å²) in [6.45, 7) is 5.36. The normalized spacial score (nSPS) is 12.0. The molecule has 0 radical (unpaired) electrons. The number of rotatable bonds is 5. The van der Waals surface area contributed by atoms with E-state index in [-0.39, 0.29) is 23.8 Å². The van der Waals surface area contributed by atoms with Gasteiger partial charge in [-0.3, -0.25) is 14.7 Å². The Labute approximate surface area is 127 Å². The molecule has 2 amide bonds. The topological polar surface area (TPSA) is 113 Å². The number of H-pyrrole nitrogens is 1. The molecule has 0 aromatic carbocycles. The van der Waals surface area contributed by atoms with Crippen molar-refractivity contribution in [3.8, 4) is 0 Å². The number of nitrogens with one attached hydrogen (secondary N) is 3. The number of aromatic nitrogens is 4. The molecule has 0 aliphatic heterocycles. The molecule has 0 bridgehead atoms. The predicted octanol–water partition coefficient (Wildman–Crippen LogP) is 1.29. The molecule has 0 saturated heterocycles. The van der Waals surface area contributed by atoms with Crippen molar-refractivity contribution in [2.24, 2.45) is 5.92 Å². The zero-order valence-electron chi connectivity index (χ0n) is 12.6. The number of anilines is 1. The maximum Gasteiger partial charge on any atom is 0.252 e. The van der Waals surface area contributed by atoms with Crippen LogP contribution in [0.25, 0.3) is 0 Å². The first kappa shape index (κ1) is 15.6. The standard InChI is InChI=1S/C14H18N6O2/c1-8(2)13(21)19-11-6-10(4-5-15-11)14(22)18-9(3)12-16-7-17-20-12/h4-9H,1-3H3,(H,18,22)(H,15,19,21)(H,16,17,20). The van der Waals surface area contributed by atoms with Crippen LogP contribution in [0.2, 0.25) is 0 Å². The van der Waals surface area contributed by atoms with Crippen molar-refractivity contribution in [2.75, 3.05) is 5.32 Å². The lowest BCUT2D eigenvalue weighted by molar-refractivity contribution is -0.118. The van der Waals surface area contributed by atoms with Crippen LogP contribution in [0, 0.1) is 5.92 Å². The van der Waals surface area contributed by atoms with E-state index in [4.69, 9.17) is 0 Å². The third kappa shape index (κ3) is 3.87. The van der Waals surface area contributed by atoms with E-state index in [1.807, 2.05) is 0 Å². The van der Waals surface area contributed by atoms with Crippen LogP contribution in [-0.2, 0) is 4.79 Å². The number of pyridine rings is 1. The SMILES string of the molecule is CC(C)C(=O)Nc1cc(C(=O)NC(C)c2ncn[nH]2)ccn1. The van der Waals surface area contributed by atoms with E-state index in [1.54, 1.807) is 26.8 Å². The van der Waals surface area contributed by atoms with Crippen molar-refractivity contribution in [1.29, 1.82) is 0 Å². The second kappa shape index (κ2) is 6.79. The molecule has 8 nitrogen and oxygen atoms in total. The number of carbonyl (C=O) groups excluding carboxylic acids is 2. The van der Waals surface area contributed by atoms with Crippen molar-refractivity contribution in [1.82, 2.24) is 25.5 Å². The van der Waals surface area contributed by atoms with E-state index < -0.39 is 0 Å². The molecule has 0 fully saturated rings. The van der Waals surface area contributed by atoms with Crippen LogP contribution >= 0.6 is 0 Å². The van der Waals surface area contributed by atoms with Crippen LogP contribution < -0.4 is 10.6 Å². The van der Waals surface area contributed by atoms with Gasteiger partial charge in [-0.05, 0) is 19.1 Å². The van der Waals surface area contributed by atoms with Gasteiger partial charge in [0.25, 0.3) is 5.91 Å². The quantitative estimate of drug-likeness (QED) is 0.770. The van der Waals surface area contributed by atoms with Crippen molar-refractivity contribution in [2.45, 2.75) is 26.8 Å². The minimum atomic E-state index is -0.308. The van der Waals surface area contributed by atoms with E-state index in [9.17, 15) is 9.59 Å². The molecular weight excluding hydrogens is 284 g/mol. The minimum absolute atomic E-state index is 0.153. The van der Waals surface area contributed by atoms with Crippen LogP contribution in [0.4, 0.5) is 5.82 Å². The molecule has 2 aromatic rings. The molecule has 3 N–H and O–H groups in total. The number of amides is 2. The largest absolute Gasteiger partial charge is 0.342 e. The van der Waals surface area contributed by atoms with Gasteiger partial charge in [0.15, 0.2) is 0 Å². The molecule has 116 valence electrons. The fourth-order valence-electron chi connectivity index (χ4n) is 1.68. The lowest BCUT2D eigenvalue weighted by atomic mass is 10.2. The summed E-state index contributed by atoms with van der Waals surface area (Å²) in [5.41, 5.74) is 0.403. The van der Waals surface area contributed by atoms with Gasteiger partial charge in [0.1, 0.15) is 18.0 Å². The van der Waals surface area contributed by atoms with Crippen molar-refractivity contribution in [3.63, 3.8) is 0 Å². The third-order valence-electron chi connectivity index (χ3n) is 2.99. The van der Waals surface area contributed by atoms with Gasteiger partial charge in [0.05, 0.1) is 6.04 Å². The number of hydrogen-bond acceptors (Lipinski definition) is 5. The Morgan fingerprint density at radius 3 is 2.64 bits per heavy atom. The Balaban J connectivity index is 2.05. The number of hydrogen-bond donors (Lipinski definition) is 3. The number of carbonyl (C=O) groups is 2. The van der Waals surface area contributed by atoms with Crippen LogP contribution in [0.5, 0.6) is 0 Å². The van der Waals surface area contributed by atoms with Crippen LogP contribution in [-0.4, -0.2) is 32.0 Å². The highest BCUT2D eigenvalue weighted by molar-refractivity contribution is 5.96. The van der Waals surface area contributed by atoms with Gasteiger partial charge in [-0.2, -0.15) is 5.10 Å². The van der Waals surface area contributed by atoms with E-state index in [0.717, 1.165) is 0 Å². The maximum atomic E-state index is 12.2. The predicted molar refractivity (Wildman–Crippen MR) is 80.0 cm³/mol. The third-order valence-corrected chi connectivity index (χ3v) is 2.99. The minimum Gasteiger partial charge on any atom is -0.342 e. The van der Waals surface area contributed by atoms with Gasteiger partial charge >= 0.3 is 0 Å². The summed E-state index contributed by atoms with van der Waals surface area (Å²) in [7, 11) is 0. The number of aromatic amines is 1. The monoisotopic (exact) mass is 302 g/mol. The summed E-state index contributed by atoms with van der Waals surface area (Å²) in [6, 6.07) is 2.80. The van der Waals surface area contributed by atoms with E-state index in [0.29, 0.717) is 17.2 Å². The van der Waals surface area contributed by atoms with Gasteiger partial charge in [0, 0.05) is 17.7 Å². The molecule has 1 unspecified atom stereocenters. The Hall–Kier alpha value is -2.77. The van der Waals surface area contributed by atoms with Gasteiger partial charge in [-0.25, -0.2) is 9.97 Å². The van der Waals surface area contributed by atoms with Gasteiger partial charge in [-0.1, -0.05) is 13.8 Å². The molecular formula is C14H18N6O2. The fourth-order valence-corrected chi connectivity index (χ4v) is 1.68. The molecule has 0 spiro atoms. The Bertz CT molecular complexity index is 653. The smallest absolute Gasteiger partial charge is 0.252 e. The summed E-state index contributed by atoms with van der Waals surface area (Å²) in [4.78, 5) is 31.9. The number of nitrogens with zero attached hydrogens (tertiary/aromatic N) is 3. The summed E-state index contributed by atoms with van der Waals surface area (Å²) in [5.74, 6) is 0.312. The lowest BCUT2D eigenvalue weighted by Gasteiger charge is -2.12. The molecule has 0 aliphatic rings. The molecule has 0 aliphatic carbocycles. The average molecular weight is 302 g/mol.